The number of halogens is 1. The second-order valence-electron chi connectivity index (χ2n) is 8.04. The van der Waals surface area contributed by atoms with Gasteiger partial charge in [0, 0.05) is 23.6 Å². The number of H-pyrrole nitrogens is 1. The second-order valence-corrected chi connectivity index (χ2v) is 8.45. The molecule has 0 bridgehead atoms. The number of carbonyl (C=O) groups excluding carboxylic acids is 1. The van der Waals surface area contributed by atoms with E-state index in [1.807, 2.05) is 37.3 Å². The van der Waals surface area contributed by atoms with E-state index in [0.717, 1.165) is 16.5 Å². The summed E-state index contributed by atoms with van der Waals surface area (Å²) in [6.45, 7) is 2.62. The average Bonchev–Trinajstić information content (AvgIpc) is 3.26. The normalized spacial score (nSPS) is 12.2. The van der Waals surface area contributed by atoms with E-state index in [2.05, 4.69) is 4.98 Å². The van der Waals surface area contributed by atoms with Crippen LogP contribution in [0.3, 0.4) is 0 Å². The Hall–Kier alpha value is -3.77. The third kappa shape index (κ3) is 4.30. The summed E-state index contributed by atoms with van der Waals surface area (Å²) >= 11 is 6.31. The minimum Gasteiger partial charge on any atom is -0.454 e. The van der Waals surface area contributed by atoms with Crippen molar-refractivity contribution in [2.75, 3.05) is 6.79 Å². The molecular weight excluding hydrogens is 440 g/mol. The number of rotatable bonds is 5. The van der Waals surface area contributed by atoms with Crippen LogP contribution in [-0.2, 0) is 13.1 Å². The minimum absolute atomic E-state index is 0.123. The maximum Gasteiger partial charge on any atom is 0.255 e. The third-order valence-corrected chi connectivity index (χ3v) is 5.99. The Balaban J connectivity index is 1.52. The molecule has 5 rings (SSSR count). The lowest BCUT2D eigenvalue weighted by Crippen LogP contribution is -2.32. The van der Waals surface area contributed by atoms with Crippen molar-refractivity contribution in [1.29, 1.82) is 0 Å². The predicted octanol–water partition coefficient (Wildman–Crippen LogP) is 5.06. The van der Waals surface area contributed by atoms with Crippen molar-refractivity contribution in [3.05, 3.63) is 104 Å². The van der Waals surface area contributed by atoms with Crippen molar-refractivity contribution in [2.24, 2.45) is 0 Å². The lowest BCUT2D eigenvalue weighted by atomic mass is 10.1. The van der Waals surface area contributed by atoms with Gasteiger partial charge >= 0.3 is 0 Å². The summed E-state index contributed by atoms with van der Waals surface area (Å²) in [5.74, 6) is 0.983. The van der Waals surface area contributed by atoms with Gasteiger partial charge in [-0.3, -0.25) is 9.59 Å². The molecule has 7 heteroatoms. The number of nitrogens with zero attached hydrogens (tertiary/aromatic N) is 1. The number of aromatic nitrogens is 1. The van der Waals surface area contributed by atoms with Gasteiger partial charge in [0.15, 0.2) is 11.5 Å². The van der Waals surface area contributed by atoms with Gasteiger partial charge < -0.3 is 19.4 Å². The number of carbonyl (C=O) groups is 1. The molecule has 33 heavy (non-hydrogen) atoms. The molecule has 1 N–H and O–H groups in total. The van der Waals surface area contributed by atoms with Crippen LogP contribution in [0.4, 0.5) is 0 Å². The first-order valence-electron chi connectivity index (χ1n) is 10.5. The monoisotopic (exact) mass is 460 g/mol. The highest BCUT2D eigenvalue weighted by molar-refractivity contribution is 6.33. The molecule has 6 nitrogen and oxygen atoms in total. The number of aromatic amines is 1. The van der Waals surface area contributed by atoms with Crippen LogP contribution in [0.1, 0.15) is 27.0 Å². The molecule has 4 aromatic rings. The number of nitrogens with one attached hydrogen (secondary N) is 1. The molecule has 1 aliphatic rings. The van der Waals surface area contributed by atoms with Crippen LogP contribution in [0.15, 0.2) is 71.5 Å². The lowest BCUT2D eigenvalue weighted by Gasteiger charge is -2.23. The van der Waals surface area contributed by atoms with Crippen molar-refractivity contribution in [3.63, 3.8) is 0 Å². The largest absolute Gasteiger partial charge is 0.454 e. The number of amides is 1. The molecule has 0 radical (unpaired) electrons. The smallest absolute Gasteiger partial charge is 0.255 e. The average molecular weight is 461 g/mol. The third-order valence-electron chi connectivity index (χ3n) is 5.66. The maximum atomic E-state index is 13.5. The van der Waals surface area contributed by atoms with Crippen molar-refractivity contribution in [2.45, 2.75) is 20.0 Å². The molecule has 0 aliphatic carbocycles. The number of ether oxygens (including phenoxy) is 2. The fraction of sp³-hybridized carbons (Fsp3) is 0.154. The molecule has 0 fully saturated rings. The zero-order valence-electron chi connectivity index (χ0n) is 17.9. The number of fused-ring (bicyclic) bond motifs is 2. The summed E-state index contributed by atoms with van der Waals surface area (Å²) in [5.41, 5.74) is 3.34. The van der Waals surface area contributed by atoms with E-state index in [4.69, 9.17) is 21.1 Å². The number of aryl methyl sites for hydroxylation is 1. The Kier molecular flexibility index (Phi) is 5.52. The Morgan fingerprint density at radius 1 is 1.00 bits per heavy atom. The van der Waals surface area contributed by atoms with Crippen LogP contribution >= 0.6 is 11.6 Å². The topological polar surface area (TPSA) is 71.6 Å². The van der Waals surface area contributed by atoms with Crippen LogP contribution < -0.4 is 15.0 Å². The van der Waals surface area contributed by atoms with Gasteiger partial charge in [0.1, 0.15) is 0 Å². The molecule has 0 saturated heterocycles. The Labute approximate surface area is 195 Å². The predicted molar refractivity (Wildman–Crippen MR) is 127 cm³/mol. The van der Waals surface area contributed by atoms with Crippen LogP contribution in [0, 0.1) is 6.92 Å². The molecule has 0 saturated carbocycles. The number of benzene rings is 3. The van der Waals surface area contributed by atoms with E-state index in [0.29, 0.717) is 39.7 Å². The Bertz CT molecular complexity index is 1410. The van der Waals surface area contributed by atoms with Crippen LogP contribution in [0.25, 0.3) is 10.9 Å². The molecule has 1 aromatic heterocycles. The number of hydrogen-bond donors (Lipinski definition) is 1. The first-order chi connectivity index (χ1) is 16.0. The Morgan fingerprint density at radius 3 is 2.48 bits per heavy atom. The van der Waals surface area contributed by atoms with Crippen LogP contribution in [0.2, 0.25) is 5.02 Å². The Morgan fingerprint density at radius 2 is 1.73 bits per heavy atom. The highest BCUT2D eigenvalue weighted by Gasteiger charge is 2.21. The molecule has 1 aliphatic heterocycles. The van der Waals surface area contributed by atoms with Crippen LogP contribution in [-0.4, -0.2) is 22.6 Å². The van der Waals surface area contributed by atoms with E-state index in [1.165, 1.54) is 0 Å². The van der Waals surface area contributed by atoms with Gasteiger partial charge in [-0.25, -0.2) is 0 Å². The fourth-order valence-electron chi connectivity index (χ4n) is 3.88. The number of hydrogen-bond acceptors (Lipinski definition) is 4. The molecule has 3 aromatic carbocycles. The molecule has 0 spiro atoms. The lowest BCUT2D eigenvalue weighted by molar-refractivity contribution is 0.0729. The summed E-state index contributed by atoms with van der Waals surface area (Å²) in [4.78, 5) is 30.9. The molecule has 0 unspecified atom stereocenters. The molecule has 1 amide bonds. The molecular formula is C26H21ClN2O4. The minimum atomic E-state index is -0.262. The van der Waals surface area contributed by atoms with Crippen LogP contribution in [0.5, 0.6) is 11.5 Å². The fourth-order valence-corrected chi connectivity index (χ4v) is 4.10. The maximum absolute atomic E-state index is 13.5. The first kappa shape index (κ1) is 21.1. The van der Waals surface area contributed by atoms with Crippen molar-refractivity contribution >= 4 is 28.4 Å². The van der Waals surface area contributed by atoms with E-state index < -0.39 is 0 Å². The standard InChI is InChI=1S/C26H21ClN2O4/c1-16-6-8-17(9-7-16)13-29(26(31)20-4-2-3-5-21(20)27)14-19-10-18-11-23-24(33-15-32-23)12-22(18)28-25(19)30/h2-12H,13-15H2,1H3,(H,28,30). The zero-order valence-corrected chi connectivity index (χ0v) is 18.7. The van der Waals surface area contributed by atoms with E-state index >= 15 is 0 Å². The highest BCUT2D eigenvalue weighted by Crippen LogP contribution is 2.35. The molecule has 0 atom stereocenters. The summed E-state index contributed by atoms with van der Waals surface area (Å²) in [5, 5.41) is 1.17. The second kappa shape index (κ2) is 8.64. The van der Waals surface area contributed by atoms with Gasteiger partial charge in [-0.15, -0.1) is 0 Å². The van der Waals surface area contributed by atoms with Crippen molar-refractivity contribution < 1.29 is 14.3 Å². The first-order valence-corrected chi connectivity index (χ1v) is 10.9. The summed E-state index contributed by atoms with van der Waals surface area (Å²) < 4.78 is 10.9. The summed E-state index contributed by atoms with van der Waals surface area (Å²) in [6, 6.07) is 20.3. The van der Waals surface area contributed by atoms with Crippen molar-refractivity contribution in [3.8, 4) is 11.5 Å². The van der Waals surface area contributed by atoms with E-state index in [9.17, 15) is 9.59 Å². The van der Waals surface area contributed by atoms with E-state index in [-0.39, 0.29) is 24.8 Å². The quantitative estimate of drug-likeness (QED) is 0.452. The molecule has 2 heterocycles. The SMILES string of the molecule is Cc1ccc(CN(Cc2cc3cc4c(cc3[nH]c2=O)OCO4)C(=O)c2ccccc2Cl)cc1. The highest BCUT2D eigenvalue weighted by atomic mass is 35.5. The zero-order chi connectivity index (χ0) is 22.9. The van der Waals surface area contributed by atoms with Gasteiger partial charge in [0.05, 0.1) is 22.6 Å². The van der Waals surface area contributed by atoms with Gasteiger partial charge in [-0.05, 0) is 36.8 Å². The van der Waals surface area contributed by atoms with Gasteiger partial charge in [-0.2, -0.15) is 0 Å². The number of pyridine rings is 1. The van der Waals surface area contributed by atoms with Gasteiger partial charge in [-0.1, -0.05) is 53.6 Å². The van der Waals surface area contributed by atoms with Gasteiger partial charge in [0.25, 0.3) is 11.5 Å². The molecule has 166 valence electrons. The summed E-state index contributed by atoms with van der Waals surface area (Å²) in [7, 11) is 0. The van der Waals surface area contributed by atoms with Gasteiger partial charge in [0.2, 0.25) is 6.79 Å². The summed E-state index contributed by atoms with van der Waals surface area (Å²) in [6.07, 6.45) is 0. The van der Waals surface area contributed by atoms with Crippen molar-refractivity contribution in [1.82, 2.24) is 9.88 Å². The van der Waals surface area contributed by atoms with E-state index in [1.54, 1.807) is 41.3 Å².